The van der Waals surface area contributed by atoms with E-state index >= 15 is 0 Å². The zero-order valence-corrected chi connectivity index (χ0v) is 6.48. The van der Waals surface area contributed by atoms with Crippen molar-refractivity contribution in [2.75, 3.05) is 0 Å². The molecule has 1 radical (unpaired) electrons. The van der Waals surface area contributed by atoms with Gasteiger partial charge < -0.3 is 0 Å². The van der Waals surface area contributed by atoms with E-state index in [4.69, 9.17) is 0 Å². The maximum absolute atomic E-state index is 3.65. The summed E-state index contributed by atoms with van der Waals surface area (Å²) < 4.78 is 3.98. The summed E-state index contributed by atoms with van der Waals surface area (Å²) in [5, 5.41) is 0. The molecule has 0 saturated carbocycles. The van der Waals surface area contributed by atoms with Crippen LogP contribution < -0.4 is 4.57 Å². The summed E-state index contributed by atoms with van der Waals surface area (Å²) in [5.41, 5.74) is 0. The van der Waals surface area contributed by atoms with Gasteiger partial charge in [-0.15, -0.1) is 0 Å². The largest absolute Gasteiger partial charge is 0.244 e. The molecule has 0 aromatic carbocycles. The number of hydrogen-bond acceptors (Lipinski definition) is 0. The summed E-state index contributed by atoms with van der Waals surface area (Å²) in [7, 11) is 0. The average Bonchev–Trinajstić information content (AvgIpc) is 2.38. The highest BCUT2D eigenvalue weighted by molar-refractivity contribution is 4.90. The van der Waals surface area contributed by atoms with Gasteiger partial charge in [0, 0.05) is 0 Å². The van der Waals surface area contributed by atoms with E-state index in [9.17, 15) is 0 Å². The molecule has 0 aliphatic carbocycles. The first-order valence-corrected chi connectivity index (χ1v) is 3.50. The van der Waals surface area contributed by atoms with Crippen LogP contribution in [0.2, 0.25) is 0 Å². The first-order valence-electron chi connectivity index (χ1n) is 3.50. The fourth-order valence-electron chi connectivity index (χ4n) is 0.878. The van der Waals surface area contributed by atoms with Crippen LogP contribution in [0.15, 0.2) is 44.0 Å². The predicted octanol–water partition coefficient (Wildman–Crippen LogP) is 1.16. The Balaban J connectivity index is 2.64. The van der Waals surface area contributed by atoms with E-state index < -0.39 is 0 Å². The second-order valence-corrected chi connectivity index (χ2v) is 2.23. The molecule has 0 amide bonds. The molecule has 0 bridgehead atoms. The monoisotopic (exact) mass is 148 g/mol. The van der Waals surface area contributed by atoms with Gasteiger partial charge in [0.05, 0.1) is 0 Å². The third kappa shape index (κ3) is 2.08. The molecule has 2 nitrogen and oxygen atoms in total. The lowest BCUT2D eigenvalue weighted by atomic mass is 10.6. The van der Waals surface area contributed by atoms with E-state index in [0.717, 1.165) is 6.54 Å². The van der Waals surface area contributed by atoms with Gasteiger partial charge in [0.1, 0.15) is 18.9 Å². The molecule has 0 atom stereocenters. The molecule has 0 fully saturated rings. The number of allylic oxidation sites excluding steroid dienone is 2. The van der Waals surface area contributed by atoms with Crippen LogP contribution in [0.1, 0.15) is 0 Å². The van der Waals surface area contributed by atoms with Crippen molar-refractivity contribution in [1.29, 1.82) is 0 Å². The minimum absolute atomic E-state index is 0.845. The lowest BCUT2D eigenvalue weighted by Gasteiger charge is -1.85. The minimum atomic E-state index is 0.845. The van der Waals surface area contributed by atoms with Gasteiger partial charge in [0.25, 0.3) is 0 Å². The lowest BCUT2D eigenvalue weighted by Crippen LogP contribution is -2.29. The van der Waals surface area contributed by atoms with Crippen molar-refractivity contribution < 1.29 is 4.57 Å². The molecule has 1 heterocycles. The fourth-order valence-corrected chi connectivity index (χ4v) is 0.878. The van der Waals surface area contributed by atoms with Crippen molar-refractivity contribution in [1.82, 2.24) is 4.57 Å². The Labute approximate surface area is 67.1 Å². The van der Waals surface area contributed by atoms with Gasteiger partial charge in [-0.2, -0.15) is 0 Å². The van der Waals surface area contributed by atoms with Crippen LogP contribution in [0.5, 0.6) is 0 Å². The third-order valence-corrected chi connectivity index (χ3v) is 1.33. The Hall–Kier alpha value is -1.31. The lowest BCUT2D eigenvalue weighted by molar-refractivity contribution is -0.686. The van der Waals surface area contributed by atoms with Crippen LogP contribution in [0.3, 0.4) is 0 Å². The smallest absolute Gasteiger partial charge is 0.233 e. The van der Waals surface area contributed by atoms with E-state index in [1.165, 1.54) is 0 Å². The molecule has 11 heavy (non-hydrogen) atoms. The summed E-state index contributed by atoms with van der Waals surface area (Å²) in [4.78, 5) is 0. The van der Waals surface area contributed by atoms with Gasteiger partial charge >= 0.3 is 0 Å². The van der Waals surface area contributed by atoms with E-state index in [1.54, 1.807) is 6.08 Å². The molecular weight excluding hydrogens is 136 g/mol. The van der Waals surface area contributed by atoms with Crippen LogP contribution >= 0.6 is 0 Å². The fraction of sp³-hybridized carbons (Fsp3) is 0.111. The number of hydrogen-bond donors (Lipinski definition) is 0. The summed E-state index contributed by atoms with van der Waals surface area (Å²) in [5.74, 6) is 0. The molecule has 0 aliphatic heterocycles. The molecule has 0 saturated heterocycles. The second-order valence-electron chi connectivity index (χ2n) is 2.23. The van der Waals surface area contributed by atoms with E-state index in [-0.39, 0.29) is 0 Å². The van der Waals surface area contributed by atoms with E-state index in [1.807, 2.05) is 40.5 Å². The number of rotatable bonds is 4. The number of imidazole rings is 1. The Kier molecular flexibility index (Phi) is 2.66. The number of nitrogens with zero attached hydrogens (tertiary/aromatic N) is 2. The predicted molar refractivity (Wildman–Crippen MR) is 44.7 cm³/mol. The summed E-state index contributed by atoms with van der Waals surface area (Å²) >= 11 is 0. The molecule has 1 rings (SSSR count). The quantitative estimate of drug-likeness (QED) is 0.447. The van der Waals surface area contributed by atoms with Gasteiger partial charge in [-0.25, -0.2) is 9.13 Å². The highest BCUT2D eigenvalue weighted by Gasteiger charge is 1.98. The Bertz CT molecular complexity index is 223. The SMILES string of the molecule is C=C[CH]n1cc[n+](CC=C)c1. The zero-order chi connectivity index (χ0) is 8.10. The van der Waals surface area contributed by atoms with Crippen LogP contribution in [0, 0.1) is 6.54 Å². The molecule has 0 N–H and O–H groups in total. The minimum Gasteiger partial charge on any atom is -0.233 e. The van der Waals surface area contributed by atoms with Gasteiger partial charge in [-0.1, -0.05) is 19.2 Å². The standard InChI is InChI=1S/C9H12N2/c1-3-5-10-7-8-11(9-10)6-4-2/h3-5,7-9H,1-2,6H2/q+1. The third-order valence-electron chi connectivity index (χ3n) is 1.33. The van der Waals surface area contributed by atoms with Crippen LogP contribution in [0.25, 0.3) is 0 Å². The van der Waals surface area contributed by atoms with Crippen molar-refractivity contribution in [3.05, 3.63) is 50.6 Å². The Morgan fingerprint density at radius 1 is 1.45 bits per heavy atom. The van der Waals surface area contributed by atoms with E-state index in [0.29, 0.717) is 0 Å². The summed E-state index contributed by atoms with van der Waals surface area (Å²) in [6.45, 7) is 9.99. The summed E-state index contributed by atoms with van der Waals surface area (Å²) in [6, 6.07) is 0. The molecule has 1 aromatic rings. The summed E-state index contributed by atoms with van der Waals surface area (Å²) in [6.07, 6.45) is 9.53. The maximum Gasteiger partial charge on any atom is 0.244 e. The van der Waals surface area contributed by atoms with Crippen LogP contribution in [-0.4, -0.2) is 4.57 Å². The first kappa shape index (κ1) is 7.79. The van der Waals surface area contributed by atoms with Crippen molar-refractivity contribution in [3.63, 3.8) is 0 Å². The van der Waals surface area contributed by atoms with Crippen molar-refractivity contribution in [3.8, 4) is 0 Å². The second kappa shape index (κ2) is 3.76. The molecule has 1 aromatic heterocycles. The Morgan fingerprint density at radius 3 is 2.91 bits per heavy atom. The molecule has 57 valence electrons. The van der Waals surface area contributed by atoms with E-state index in [2.05, 4.69) is 13.2 Å². The van der Waals surface area contributed by atoms with Crippen molar-refractivity contribution in [2.24, 2.45) is 0 Å². The highest BCUT2D eigenvalue weighted by atomic mass is 15.1. The van der Waals surface area contributed by atoms with Crippen LogP contribution in [0.4, 0.5) is 0 Å². The molecule has 0 aliphatic rings. The van der Waals surface area contributed by atoms with Gasteiger partial charge in [-0.3, -0.25) is 0 Å². The molecule has 2 heteroatoms. The first-order chi connectivity index (χ1) is 5.36. The Morgan fingerprint density at radius 2 is 2.27 bits per heavy atom. The maximum atomic E-state index is 3.65. The molecular formula is C9H12N2+. The zero-order valence-electron chi connectivity index (χ0n) is 6.48. The highest BCUT2D eigenvalue weighted by Crippen LogP contribution is 1.86. The van der Waals surface area contributed by atoms with Gasteiger partial charge in [-0.05, 0) is 6.08 Å². The van der Waals surface area contributed by atoms with Crippen LogP contribution in [-0.2, 0) is 6.54 Å². The average molecular weight is 148 g/mol. The normalized spacial score (nSPS) is 9.45. The number of aromatic nitrogens is 2. The van der Waals surface area contributed by atoms with Crippen molar-refractivity contribution >= 4 is 0 Å². The topological polar surface area (TPSA) is 8.81 Å². The van der Waals surface area contributed by atoms with Crippen molar-refractivity contribution in [2.45, 2.75) is 6.54 Å². The molecule has 0 unspecified atom stereocenters. The van der Waals surface area contributed by atoms with Gasteiger partial charge in [0.15, 0.2) is 6.54 Å². The molecule has 0 spiro atoms. The van der Waals surface area contributed by atoms with Gasteiger partial charge in [0.2, 0.25) is 6.33 Å².